The smallest absolute Gasteiger partial charge is 0.417 e. The van der Waals surface area contributed by atoms with Crippen LogP contribution in [0.15, 0.2) is 23.1 Å². The summed E-state index contributed by atoms with van der Waals surface area (Å²) in [7, 11) is 0. The van der Waals surface area contributed by atoms with Gasteiger partial charge in [-0.2, -0.15) is 13.2 Å². The number of halogens is 4. The van der Waals surface area contributed by atoms with Gasteiger partial charge in [0.25, 0.3) is 5.56 Å². The molecule has 1 saturated carbocycles. The van der Waals surface area contributed by atoms with Crippen molar-refractivity contribution in [2.24, 2.45) is 0 Å². The molecule has 25 heavy (non-hydrogen) atoms. The third kappa shape index (κ3) is 3.52. The van der Waals surface area contributed by atoms with E-state index in [4.69, 9.17) is 4.74 Å². The van der Waals surface area contributed by atoms with Crippen LogP contribution in [0.3, 0.4) is 0 Å². The fraction of sp³-hybridized carbons (Fsp3) is 0.500. The standard InChI is InChI=1S/C16H16BrF3N2O3/c1-15(24)6-9(7-15)22-13(23)5-12(16(18,19)20)11-4-10(25-3-2-17)8-21-14(11)22/h4-5,8-9,24H,2-3,6-7H2,1H3. The number of ether oxygens (including phenoxy) is 1. The summed E-state index contributed by atoms with van der Waals surface area (Å²) in [5, 5.41) is 10.2. The number of fused-ring (bicyclic) bond motifs is 1. The maximum atomic E-state index is 13.4. The molecule has 136 valence electrons. The maximum Gasteiger partial charge on any atom is 0.417 e. The van der Waals surface area contributed by atoms with Crippen molar-refractivity contribution in [3.63, 3.8) is 0 Å². The molecule has 2 aromatic heterocycles. The van der Waals surface area contributed by atoms with E-state index in [1.807, 2.05) is 0 Å². The van der Waals surface area contributed by atoms with Crippen molar-refractivity contribution in [1.82, 2.24) is 9.55 Å². The van der Waals surface area contributed by atoms with Gasteiger partial charge in [-0.05, 0) is 25.8 Å². The van der Waals surface area contributed by atoms with Crippen LogP contribution in [-0.2, 0) is 6.18 Å². The summed E-state index contributed by atoms with van der Waals surface area (Å²) in [6.07, 6.45) is -2.80. The molecule has 9 heteroatoms. The molecule has 0 aromatic carbocycles. The van der Waals surface area contributed by atoms with E-state index in [2.05, 4.69) is 20.9 Å². The summed E-state index contributed by atoms with van der Waals surface area (Å²) in [6.45, 7) is 1.90. The Bertz CT molecular complexity index is 856. The molecule has 0 bridgehead atoms. The molecule has 5 nitrogen and oxygen atoms in total. The van der Waals surface area contributed by atoms with Gasteiger partial charge in [-0.25, -0.2) is 4.98 Å². The van der Waals surface area contributed by atoms with E-state index in [1.165, 1.54) is 16.8 Å². The zero-order chi connectivity index (χ0) is 18.4. The fourth-order valence-electron chi connectivity index (χ4n) is 3.16. The first-order valence-electron chi connectivity index (χ1n) is 7.66. The highest BCUT2D eigenvalue weighted by Gasteiger charge is 2.42. The monoisotopic (exact) mass is 420 g/mol. The highest BCUT2D eigenvalue weighted by atomic mass is 79.9. The summed E-state index contributed by atoms with van der Waals surface area (Å²) in [4.78, 5) is 16.4. The predicted octanol–water partition coefficient (Wildman–Crippen LogP) is 3.27. The summed E-state index contributed by atoms with van der Waals surface area (Å²) in [6, 6.07) is 1.46. The molecule has 2 heterocycles. The van der Waals surface area contributed by atoms with Crippen molar-refractivity contribution in [3.8, 4) is 5.75 Å². The Hall–Kier alpha value is -1.61. The molecule has 0 spiro atoms. The van der Waals surface area contributed by atoms with Crippen molar-refractivity contribution in [2.45, 2.75) is 37.6 Å². The lowest BCUT2D eigenvalue weighted by Crippen LogP contribution is -2.45. The van der Waals surface area contributed by atoms with Crippen LogP contribution in [0.25, 0.3) is 11.0 Å². The van der Waals surface area contributed by atoms with Gasteiger partial charge in [-0.3, -0.25) is 9.36 Å². The molecule has 1 fully saturated rings. The maximum absolute atomic E-state index is 13.4. The lowest BCUT2D eigenvalue weighted by atomic mass is 9.77. The minimum absolute atomic E-state index is 0.0495. The third-order valence-corrected chi connectivity index (χ3v) is 4.56. The Labute approximate surface area is 149 Å². The van der Waals surface area contributed by atoms with Gasteiger partial charge in [0.2, 0.25) is 0 Å². The van der Waals surface area contributed by atoms with Gasteiger partial charge in [-0.15, -0.1) is 0 Å². The Kier molecular flexibility index (Phi) is 4.57. The van der Waals surface area contributed by atoms with Gasteiger partial charge in [0, 0.05) is 22.8 Å². The predicted molar refractivity (Wildman–Crippen MR) is 89.2 cm³/mol. The average molecular weight is 421 g/mol. The van der Waals surface area contributed by atoms with Crippen molar-refractivity contribution in [1.29, 1.82) is 0 Å². The van der Waals surface area contributed by atoms with Crippen molar-refractivity contribution < 1.29 is 23.0 Å². The van der Waals surface area contributed by atoms with E-state index in [-0.39, 0.29) is 42.3 Å². The second-order valence-corrected chi connectivity index (χ2v) is 7.20. The van der Waals surface area contributed by atoms with Gasteiger partial charge >= 0.3 is 6.18 Å². The molecule has 1 aliphatic carbocycles. The van der Waals surface area contributed by atoms with Crippen LogP contribution in [0.4, 0.5) is 13.2 Å². The SMILES string of the molecule is CC1(O)CC(n2c(=O)cc(C(F)(F)F)c3cc(OCCBr)cnc32)C1. The van der Waals surface area contributed by atoms with Gasteiger partial charge < -0.3 is 9.84 Å². The van der Waals surface area contributed by atoms with Gasteiger partial charge in [-0.1, -0.05) is 15.9 Å². The number of aliphatic hydroxyl groups is 1. The lowest BCUT2D eigenvalue weighted by Gasteiger charge is -2.42. The number of pyridine rings is 2. The number of rotatable bonds is 4. The Morgan fingerprint density at radius 1 is 1.44 bits per heavy atom. The number of aromatic nitrogens is 2. The summed E-state index contributed by atoms with van der Waals surface area (Å²) in [5.41, 5.74) is -2.78. The summed E-state index contributed by atoms with van der Waals surface area (Å²) < 4.78 is 46.7. The van der Waals surface area contributed by atoms with Crippen LogP contribution in [-0.4, -0.2) is 32.2 Å². The van der Waals surface area contributed by atoms with Crippen LogP contribution in [0, 0.1) is 0 Å². The molecule has 0 radical (unpaired) electrons. The molecule has 1 aliphatic rings. The Balaban J connectivity index is 2.18. The van der Waals surface area contributed by atoms with Gasteiger partial charge in [0.15, 0.2) is 0 Å². The minimum atomic E-state index is -4.68. The molecule has 1 N–H and O–H groups in total. The molecule has 0 amide bonds. The Morgan fingerprint density at radius 3 is 2.68 bits per heavy atom. The zero-order valence-electron chi connectivity index (χ0n) is 13.3. The van der Waals surface area contributed by atoms with Crippen LogP contribution in [0.1, 0.15) is 31.4 Å². The van der Waals surface area contributed by atoms with Crippen molar-refractivity contribution >= 4 is 27.0 Å². The fourth-order valence-corrected chi connectivity index (χ4v) is 3.33. The zero-order valence-corrected chi connectivity index (χ0v) is 14.9. The average Bonchev–Trinajstić information content (AvgIpc) is 2.49. The first-order chi connectivity index (χ1) is 11.6. The van der Waals surface area contributed by atoms with Crippen LogP contribution < -0.4 is 10.3 Å². The molecular formula is C16H16BrF3N2O3. The topological polar surface area (TPSA) is 64.4 Å². The second-order valence-electron chi connectivity index (χ2n) is 6.40. The quantitative estimate of drug-likeness (QED) is 0.770. The van der Waals surface area contributed by atoms with E-state index in [0.29, 0.717) is 11.4 Å². The largest absolute Gasteiger partial charge is 0.491 e. The first kappa shape index (κ1) is 18.2. The first-order valence-corrected chi connectivity index (χ1v) is 8.78. The van der Waals surface area contributed by atoms with E-state index in [1.54, 1.807) is 6.92 Å². The number of alkyl halides is 4. The lowest BCUT2D eigenvalue weighted by molar-refractivity contribution is -0.136. The van der Waals surface area contributed by atoms with E-state index in [0.717, 1.165) is 0 Å². The van der Waals surface area contributed by atoms with Crippen LogP contribution >= 0.6 is 15.9 Å². The van der Waals surface area contributed by atoms with Crippen LogP contribution in [0.5, 0.6) is 5.75 Å². The molecule has 0 saturated heterocycles. The number of hydrogen-bond acceptors (Lipinski definition) is 4. The molecule has 0 unspecified atom stereocenters. The molecule has 2 aromatic rings. The highest BCUT2D eigenvalue weighted by Crippen LogP contribution is 2.42. The van der Waals surface area contributed by atoms with E-state index < -0.39 is 22.9 Å². The third-order valence-electron chi connectivity index (χ3n) is 4.23. The normalized spacial score (nSPS) is 23.5. The van der Waals surface area contributed by atoms with Crippen molar-refractivity contribution in [2.75, 3.05) is 11.9 Å². The number of nitrogens with zero attached hydrogens (tertiary/aromatic N) is 2. The van der Waals surface area contributed by atoms with E-state index in [9.17, 15) is 23.1 Å². The van der Waals surface area contributed by atoms with E-state index >= 15 is 0 Å². The summed E-state index contributed by atoms with van der Waals surface area (Å²) >= 11 is 3.18. The van der Waals surface area contributed by atoms with Gasteiger partial charge in [0.1, 0.15) is 11.4 Å². The van der Waals surface area contributed by atoms with Crippen molar-refractivity contribution in [3.05, 3.63) is 34.2 Å². The molecule has 0 aliphatic heterocycles. The highest BCUT2D eigenvalue weighted by molar-refractivity contribution is 9.09. The number of hydrogen-bond donors (Lipinski definition) is 1. The molecule has 3 rings (SSSR count). The Morgan fingerprint density at radius 2 is 2.12 bits per heavy atom. The minimum Gasteiger partial charge on any atom is -0.491 e. The van der Waals surface area contributed by atoms with Crippen LogP contribution in [0.2, 0.25) is 0 Å². The summed E-state index contributed by atoms with van der Waals surface area (Å²) in [5.74, 6) is 0.197. The van der Waals surface area contributed by atoms with Gasteiger partial charge in [0.05, 0.1) is 24.0 Å². The molecular weight excluding hydrogens is 405 g/mol. The molecule has 0 atom stereocenters. The second kappa shape index (κ2) is 6.28.